The summed E-state index contributed by atoms with van der Waals surface area (Å²) < 4.78 is 6.30. The minimum atomic E-state index is -0.468. The molecule has 31 heavy (non-hydrogen) atoms. The average molecular weight is 490 g/mol. The molecule has 166 valence electrons. The van der Waals surface area contributed by atoms with E-state index in [1.807, 2.05) is 45.9 Å². The first-order valence-electron chi connectivity index (χ1n) is 10.0. The second kappa shape index (κ2) is 11.5. The highest BCUT2D eigenvalue weighted by Gasteiger charge is 2.12. The van der Waals surface area contributed by atoms with Gasteiger partial charge in [0.25, 0.3) is 5.91 Å². The molecule has 0 bridgehead atoms. The van der Waals surface area contributed by atoms with Crippen molar-refractivity contribution in [1.29, 1.82) is 0 Å². The molecule has 0 aliphatic heterocycles. The Balaban J connectivity index is 1.79. The first-order chi connectivity index (χ1) is 14.7. The molecule has 0 aliphatic rings. The van der Waals surface area contributed by atoms with Crippen molar-refractivity contribution in [3.63, 3.8) is 0 Å². The zero-order valence-corrected chi connectivity index (χ0v) is 19.8. The molecule has 0 radical (unpaired) electrons. The van der Waals surface area contributed by atoms with E-state index in [1.165, 1.54) is 0 Å². The summed E-state index contributed by atoms with van der Waals surface area (Å²) in [5.74, 6) is -0.169. The molecule has 0 aromatic heterocycles. The summed E-state index contributed by atoms with van der Waals surface area (Å²) in [6.45, 7) is 8.50. The molecule has 0 saturated heterocycles. The first kappa shape index (κ1) is 24.4. The van der Waals surface area contributed by atoms with Gasteiger partial charge < -0.3 is 10.1 Å². The summed E-state index contributed by atoms with van der Waals surface area (Å²) in [5, 5.41) is 2.80. The highest BCUT2D eigenvalue weighted by atomic mass is 79.9. The quantitative estimate of drug-likeness (QED) is 0.482. The lowest BCUT2D eigenvalue weighted by Gasteiger charge is -2.12. The van der Waals surface area contributed by atoms with Gasteiger partial charge in [-0.3, -0.25) is 25.2 Å². The number of rotatable bonds is 8. The molecule has 0 unspecified atom stereocenters. The molecule has 3 amide bonds. The second-order valence-corrected chi connectivity index (χ2v) is 8.57. The molecule has 3 N–H and O–H groups in total. The monoisotopic (exact) mass is 489 g/mol. The maximum absolute atomic E-state index is 12.3. The van der Waals surface area contributed by atoms with Crippen molar-refractivity contribution in [2.75, 3.05) is 11.9 Å². The van der Waals surface area contributed by atoms with Gasteiger partial charge in [-0.05, 0) is 71.1 Å². The van der Waals surface area contributed by atoms with E-state index in [2.05, 4.69) is 32.1 Å². The lowest BCUT2D eigenvalue weighted by atomic mass is 10.1. The number of benzene rings is 2. The molecule has 0 spiro atoms. The van der Waals surface area contributed by atoms with E-state index >= 15 is 0 Å². The number of anilines is 1. The number of hydrogen-bond acceptors (Lipinski definition) is 4. The van der Waals surface area contributed by atoms with Crippen molar-refractivity contribution in [3.05, 3.63) is 57.6 Å². The number of carbonyl (C=O) groups excluding carboxylic acids is 3. The van der Waals surface area contributed by atoms with Crippen LogP contribution in [-0.2, 0) is 9.59 Å². The van der Waals surface area contributed by atoms with Gasteiger partial charge in [-0.15, -0.1) is 0 Å². The molecular weight excluding hydrogens is 462 g/mol. The van der Waals surface area contributed by atoms with Gasteiger partial charge in [-0.25, -0.2) is 0 Å². The Morgan fingerprint density at radius 1 is 0.968 bits per heavy atom. The summed E-state index contributed by atoms with van der Waals surface area (Å²) in [7, 11) is 0. The fraction of sp³-hybridized carbons (Fsp3) is 0.348. The van der Waals surface area contributed by atoms with E-state index in [-0.39, 0.29) is 18.7 Å². The van der Waals surface area contributed by atoms with Crippen LogP contribution in [0.4, 0.5) is 5.69 Å². The van der Waals surface area contributed by atoms with Crippen LogP contribution in [0, 0.1) is 19.8 Å². The molecule has 0 saturated carbocycles. The second-order valence-electron chi connectivity index (χ2n) is 7.72. The topological polar surface area (TPSA) is 96.5 Å². The number of amides is 3. The maximum Gasteiger partial charge on any atom is 0.269 e. The summed E-state index contributed by atoms with van der Waals surface area (Å²) >= 11 is 3.39. The lowest BCUT2D eigenvalue weighted by Crippen LogP contribution is -2.41. The lowest BCUT2D eigenvalue weighted by molar-refractivity contribution is -0.124. The predicted octanol–water partition coefficient (Wildman–Crippen LogP) is 4.28. The Bertz CT molecular complexity index is 960. The molecule has 0 atom stereocenters. The van der Waals surface area contributed by atoms with Crippen molar-refractivity contribution < 1.29 is 19.1 Å². The van der Waals surface area contributed by atoms with Crippen molar-refractivity contribution in [2.45, 2.75) is 40.5 Å². The highest BCUT2D eigenvalue weighted by Crippen LogP contribution is 2.26. The predicted molar refractivity (Wildman–Crippen MR) is 124 cm³/mol. The van der Waals surface area contributed by atoms with Gasteiger partial charge in [0.1, 0.15) is 5.75 Å². The van der Waals surface area contributed by atoms with E-state index in [0.29, 0.717) is 28.3 Å². The summed E-state index contributed by atoms with van der Waals surface area (Å²) in [6, 6.07) is 10.7. The van der Waals surface area contributed by atoms with Crippen LogP contribution in [0.2, 0.25) is 0 Å². The highest BCUT2D eigenvalue weighted by molar-refractivity contribution is 9.10. The smallest absolute Gasteiger partial charge is 0.269 e. The molecule has 7 nitrogen and oxygen atoms in total. The van der Waals surface area contributed by atoms with Crippen LogP contribution < -0.4 is 20.9 Å². The minimum absolute atomic E-state index is 0.00250. The number of hydrazine groups is 1. The Morgan fingerprint density at radius 3 is 2.35 bits per heavy atom. The Hall–Kier alpha value is -2.87. The van der Waals surface area contributed by atoms with E-state index in [4.69, 9.17) is 4.74 Å². The fourth-order valence-electron chi connectivity index (χ4n) is 2.59. The van der Waals surface area contributed by atoms with Crippen LogP contribution >= 0.6 is 15.9 Å². The molecule has 2 aromatic carbocycles. The third-order valence-electron chi connectivity index (χ3n) is 4.33. The zero-order valence-electron chi connectivity index (χ0n) is 18.2. The van der Waals surface area contributed by atoms with E-state index in [0.717, 1.165) is 16.8 Å². The maximum atomic E-state index is 12.3. The SMILES string of the molecule is Cc1ccc(C)c(NC(=O)CCC(=O)NNC(=O)c2ccc(OCC(C)C)c(Br)c2)c1. The molecule has 2 aromatic rings. The Kier molecular flexibility index (Phi) is 9.05. The number of carbonyl (C=O) groups is 3. The van der Waals surface area contributed by atoms with Gasteiger partial charge in [0.05, 0.1) is 11.1 Å². The molecule has 8 heteroatoms. The normalized spacial score (nSPS) is 10.5. The number of ether oxygens (including phenoxy) is 1. The average Bonchev–Trinajstić information content (AvgIpc) is 2.72. The summed E-state index contributed by atoms with van der Waals surface area (Å²) in [6.07, 6.45) is -0.0504. The number of aryl methyl sites for hydroxylation is 2. The van der Waals surface area contributed by atoms with Gasteiger partial charge in [-0.1, -0.05) is 26.0 Å². The van der Waals surface area contributed by atoms with Crippen LogP contribution in [0.25, 0.3) is 0 Å². The Morgan fingerprint density at radius 2 is 1.68 bits per heavy atom. The van der Waals surface area contributed by atoms with Crippen molar-refractivity contribution in [1.82, 2.24) is 10.9 Å². The van der Waals surface area contributed by atoms with Gasteiger partial charge in [0.15, 0.2) is 0 Å². The van der Waals surface area contributed by atoms with Crippen LogP contribution in [0.5, 0.6) is 5.75 Å². The third kappa shape index (κ3) is 8.05. The van der Waals surface area contributed by atoms with Gasteiger partial charge in [0.2, 0.25) is 11.8 Å². The fourth-order valence-corrected chi connectivity index (χ4v) is 3.08. The molecule has 2 rings (SSSR count). The van der Waals surface area contributed by atoms with Gasteiger partial charge in [0, 0.05) is 24.1 Å². The standard InChI is InChI=1S/C23H28BrN3O4/c1-14(2)13-31-20-8-7-17(12-18(20)24)23(30)27-26-22(29)10-9-21(28)25-19-11-15(3)5-6-16(19)4/h5-8,11-12,14H,9-10,13H2,1-4H3,(H,25,28)(H,26,29)(H,27,30). The van der Waals surface area contributed by atoms with Crippen LogP contribution in [0.1, 0.15) is 48.2 Å². The first-order valence-corrected chi connectivity index (χ1v) is 10.8. The Labute approximate surface area is 191 Å². The molecule has 0 fully saturated rings. The minimum Gasteiger partial charge on any atom is -0.492 e. The van der Waals surface area contributed by atoms with E-state index < -0.39 is 11.8 Å². The van der Waals surface area contributed by atoms with E-state index in [9.17, 15) is 14.4 Å². The van der Waals surface area contributed by atoms with Crippen LogP contribution in [0.3, 0.4) is 0 Å². The molecule has 0 heterocycles. The van der Waals surface area contributed by atoms with Crippen molar-refractivity contribution in [2.24, 2.45) is 5.92 Å². The van der Waals surface area contributed by atoms with Crippen molar-refractivity contribution in [3.8, 4) is 5.75 Å². The van der Waals surface area contributed by atoms with Crippen LogP contribution in [0.15, 0.2) is 40.9 Å². The van der Waals surface area contributed by atoms with Gasteiger partial charge >= 0.3 is 0 Å². The number of hydrogen-bond donors (Lipinski definition) is 3. The third-order valence-corrected chi connectivity index (χ3v) is 4.95. The van der Waals surface area contributed by atoms with Crippen molar-refractivity contribution >= 4 is 39.3 Å². The number of nitrogens with one attached hydrogen (secondary N) is 3. The van der Waals surface area contributed by atoms with E-state index in [1.54, 1.807) is 18.2 Å². The van der Waals surface area contributed by atoms with Crippen LogP contribution in [-0.4, -0.2) is 24.3 Å². The molecular formula is C23H28BrN3O4. The largest absolute Gasteiger partial charge is 0.492 e. The zero-order chi connectivity index (χ0) is 23.0. The summed E-state index contributed by atoms with van der Waals surface area (Å²) in [4.78, 5) is 36.4. The number of halogens is 1. The van der Waals surface area contributed by atoms with Gasteiger partial charge in [-0.2, -0.15) is 0 Å². The summed E-state index contributed by atoms with van der Waals surface area (Å²) in [5.41, 5.74) is 7.75. The molecule has 0 aliphatic carbocycles.